The van der Waals surface area contributed by atoms with Crippen LogP contribution in [0.4, 0.5) is 0 Å². The van der Waals surface area contributed by atoms with E-state index in [4.69, 9.17) is 0 Å². The minimum atomic E-state index is -0.346. The molecule has 3 nitrogen and oxygen atoms in total. The lowest BCUT2D eigenvalue weighted by atomic mass is 10.0. The zero-order valence-electron chi connectivity index (χ0n) is 13.7. The number of rotatable bonds is 7. The molecule has 0 radical (unpaired) electrons. The second-order valence-electron chi connectivity index (χ2n) is 6.03. The van der Waals surface area contributed by atoms with E-state index < -0.39 is 0 Å². The molecule has 0 aliphatic carbocycles. The van der Waals surface area contributed by atoms with Crippen LogP contribution in [-0.4, -0.2) is 43.3 Å². The highest BCUT2D eigenvalue weighted by Gasteiger charge is 2.09. The number of benzene rings is 2. The molecule has 0 aliphatic rings. The second-order valence-corrected chi connectivity index (χ2v) is 6.03. The van der Waals surface area contributed by atoms with Crippen molar-refractivity contribution < 1.29 is 5.11 Å². The highest BCUT2D eigenvalue weighted by Crippen LogP contribution is 2.21. The topological polar surface area (TPSA) is 35.5 Å². The molecule has 0 bridgehead atoms. The van der Waals surface area contributed by atoms with Gasteiger partial charge in [-0.1, -0.05) is 54.6 Å². The van der Waals surface area contributed by atoms with Gasteiger partial charge in [0.1, 0.15) is 0 Å². The van der Waals surface area contributed by atoms with Gasteiger partial charge in [0.25, 0.3) is 0 Å². The zero-order chi connectivity index (χ0) is 15.9. The lowest BCUT2D eigenvalue weighted by Gasteiger charge is -2.20. The summed E-state index contributed by atoms with van der Waals surface area (Å²) in [5.41, 5.74) is 3.69. The molecule has 0 aromatic heterocycles. The van der Waals surface area contributed by atoms with E-state index in [0.717, 1.165) is 0 Å². The van der Waals surface area contributed by atoms with E-state index in [0.29, 0.717) is 13.1 Å². The first-order chi connectivity index (χ1) is 10.6. The van der Waals surface area contributed by atoms with Crippen LogP contribution in [0.5, 0.6) is 0 Å². The van der Waals surface area contributed by atoms with Crippen LogP contribution in [0.25, 0.3) is 11.1 Å². The molecule has 3 heteroatoms. The summed E-state index contributed by atoms with van der Waals surface area (Å²) in [4.78, 5) is 1.99. The number of aliphatic hydroxyl groups excluding tert-OH is 1. The lowest BCUT2D eigenvalue weighted by Crippen LogP contribution is -2.36. The fraction of sp³-hybridized carbons (Fsp3) is 0.368. The van der Waals surface area contributed by atoms with Gasteiger partial charge in [-0.25, -0.2) is 0 Å². The van der Waals surface area contributed by atoms with Gasteiger partial charge in [-0.3, -0.25) is 0 Å². The Labute approximate surface area is 133 Å². The van der Waals surface area contributed by atoms with Crippen LogP contribution in [-0.2, 0) is 0 Å². The summed E-state index contributed by atoms with van der Waals surface area (Å²) < 4.78 is 0. The molecule has 0 fully saturated rings. The van der Waals surface area contributed by atoms with Crippen LogP contribution in [0.1, 0.15) is 18.5 Å². The number of hydrogen-bond acceptors (Lipinski definition) is 3. The monoisotopic (exact) mass is 298 g/mol. The average Bonchev–Trinajstić information content (AvgIpc) is 2.53. The molecule has 0 saturated carbocycles. The molecule has 118 valence electrons. The van der Waals surface area contributed by atoms with Crippen molar-refractivity contribution in [1.29, 1.82) is 0 Å². The highest BCUT2D eigenvalue weighted by molar-refractivity contribution is 5.63. The van der Waals surface area contributed by atoms with Crippen molar-refractivity contribution in [3.05, 3.63) is 60.2 Å². The van der Waals surface area contributed by atoms with Crippen LogP contribution >= 0.6 is 0 Å². The molecule has 2 unspecified atom stereocenters. The van der Waals surface area contributed by atoms with E-state index in [1.54, 1.807) is 0 Å². The summed E-state index contributed by atoms with van der Waals surface area (Å²) >= 11 is 0. The van der Waals surface area contributed by atoms with Crippen molar-refractivity contribution in [1.82, 2.24) is 10.2 Å². The van der Waals surface area contributed by atoms with Gasteiger partial charge >= 0.3 is 0 Å². The molecule has 2 aromatic rings. The van der Waals surface area contributed by atoms with Crippen molar-refractivity contribution in [2.24, 2.45) is 0 Å². The smallest absolute Gasteiger partial charge is 0.0791 e. The minimum Gasteiger partial charge on any atom is -0.390 e. The van der Waals surface area contributed by atoms with E-state index in [1.807, 2.05) is 25.1 Å². The molecule has 22 heavy (non-hydrogen) atoms. The van der Waals surface area contributed by atoms with Gasteiger partial charge in [0, 0.05) is 19.1 Å². The molecule has 0 saturated heterocycles. The second kappa shape index (κ2) is 8.08. The fourth-order valence-electron chi connectivity index (χ4n) is 2.51. The lowest BCUT2D eigenvalue weighted by molar-refractivity contribution is 0.132. The molecule has 0 amide bonds. The standard InChI is InChI=1S/C19H26N2O/c1-15(20-13-19(22)14-21(2)3)16-9-11-18(12-10-16)17-7-5-4-6-8-17/h4-12,15,19-20,22H,13-14H2,1-3H3. The first-order valence-electron chi connectivity index (χ1n) is 7.78. The molecule has 0 heterocycles. The summed E-state index contributed by atoms with van der Waals surface area (Å²) in [6, 6.07) is 19.2. The summed E-state index contributed by atoms with van der Waals surface area (Å²) in [6.45, 7) is 3.40. The summed E-state index contributed by atoms with van der Waals surface area (Å²) in [5.74, 6) is 0. The molecule has 2 atom stereocenters. The van der Waals surface area contributed by atoms with Crippen molar-refractivity contribution in [2.75, 3.05) is 27.2 Å². The zero-order valence-corrected chi connectivity index (χ0v) is 13.7. The van der Waals surface area contributed by atoms with Gasteiger partial charge in [0.05, 0.1) is 6.10 Å². The maximum absolute atomic E-state index is 9.90. The van der Waals surface area contributed by atoms with Gasteiger partial charge in [-0.2, -0.15) is 0 Å². The number of nitrogens with zero attached hydrogens (tertiary/aromatic N) is 1. The van der Waals surface area contributed by atoms with Gasteiger partial charge in [-0.05, 0) is 37.7 Å². The number of hydrogen-bond donors (Lipinski definition) is 2. The molecule has 2 rings (SSSR count). The summed E-state index contributed by atoms with van der Waals surface area (Å²) in [6.07, 6.45) is -0.346. The van der Waals surface area contributed by atoms with Gasteiger partial charge in [0.2, 0.25) is 0 Å². The van der Waals surface area contributed by atoms with Gasteiger partial charge in [-0.15, -0.1) is 0 Å². The Balaban J connectivity index is 1.92. The normalized spacial score (nSPS) is 14.0. The highest BCUT2D eigenvalue weighted by atomic mass is 16.3. The third kappa shape index (κ3) is 4.95. The Hall–Kier alpha value is -1.68. The van der Waals surface area contributed by atoms with Crippen LogP contribution < -0.4 is 5.32 Å². The number of aliphatic hydroxyl groups is 1. The van der Waals surface area contributed by atoms with E-state index in [-0.39, 0.29) is 12.1 Å². The van der Waals surface area contributed by atoms with Crippen molar-refractivity contribution in [3.63, 3.8) is 0 Å². The Morgan fingerprint density at radius 1 is 0.955 bits per heavy atom. The van der Waals surface area contributed by atoms with Crippen LogP contribution in [0.2, 0.25) is 0 Å². The molecular formula is C19H26N2O. The van der Waals surface area contributed by atoms with E-state index in [1.165, 1.54) is 16.7 Å². The minimum absolute atomic E-state index is 0.224. The van der Waals surface area contributed by atoms with Crippen LogP contribution in [0.15, 0.2) is 54.6 Å². The Bertz CT molecular complexity index is 551. The maximum atomic E-state index is 9.90. The predicted octanol–water partition coefficient (Wildman–Crippen LogP) is 2.93. The SMILES string of the molecule is CC(NCC(O)CN(C)C)c1ccc(-c2ccccc2)cc1. The summed E-state index contributed by atoms with van der Waals surface area (Å²) in [7, 11) is 3.93. The third-order valence-electron chi connectivity index (χ3n) is 3.75. The van der Waals surface area contributed by atoms with Crippen molar-refractivity contribution in [2.45, 2.75) is 19.1 Å². The van der Waals surface area contributed by atoms with E-state index in [2.05, 4.69) is 60.8 Å². The molecular weight excluding hydrogens is 272 g/mol. The summed E-state index contributed by atoms with van der Waals surface area (Å²) in [5, 5.41) is 13.3. The Morgan fingerprint density at radius 3 is 2.14 bits per heavy atom. The molecule has 0 aliphatic heterocycles. The first-order valence-corrected chi connectivity index (χ1v) is 7.78. The van der Waals surface area contributed by atoms with Crippen molar-refractivity contribution in [3.8, 4) is 11.1 Å². The Kier molecular flexibility index (Phi) is 6.13. The third-order valence-corrected chi connectivity index (χ3v) is 3.75. The quantitative estimate of drug-likeness (QED) is 0.825. The number of nitrogens with one attached hydrogen (secondary N) is 1. The van der Waals surface area contributed by atoms with Crippen molar-refractivity contribution >= 4 is 0 Å². The predicted molar refractivity (Wildman–Crippen MR) is 92.9 cm³/mol. The molecule has 2 aromatic carbocycles. The van der Waals surface area contributed by atoms with Crippen LogP contribution in [0, 0.1) is 0 Å². The first kappa shape index (κ1) is 16.7. The number of likely N-dealkylation sites (N-methyl/N-ethyl adjacent to an activating group) is 1. The van der Waals surface area contributed by atoms with Crippen LogP contribution in [0.3, 0.4) is 0 Å². The maximum Gasteiger partial charge on any atom is 0.0791 e. The molecule has 2 N–H and O–H groups in total. The van der Waals surface area contributed by atoms with Gasteiger partial charge in [0.15, 0.2) is 0 Å². The Morgan fingerprint density at radius 2 is 1.55 bits per heavy atom. The fourth-order valence-corrected chi connectivity index (χ4v) is 2.51. The van der Waals surface area contributed by atoms with E-state index >= 15 is 0 Å². The molecule has 0 spiro atoms. The van der Waals surface area contributed by atoms with Gasteiger partial charge < -0.3 is 15.3 Å². The largest absolute Gasteiger partial charge is 0.390 e. The average molecular weight is 298 g/mol. The van der Waals surface area contributed by atoms with E-state index in [9.17, 15) is 5.11 Å².